The predicted octanol–water partition coefficient (Wildman–Crippen LogP) is 5.92. The fourth-order valence-electron chi connectivity index (χ4n) is 3.17. The van der Waals surface area contributed by atoms with Gasteiger partial charge in [-0.15, -0.1) is 0 Å². The summed E-state index contributed by atoms with van der Waals surface area (Å²) in [7, 11) is 0. The van der Waals surface area contributed by atoms with Crippen LogP contribution in [-0.4, -0.2) is 16.1 Å². The van der Waals surface area contributed by atoms with Crippen LogP contribution in [0, 0.1) is 0 Å². The van der Waals surface area contributed by atoms with Crippen LogP contribution in [0.4, 0.5) is 0 Å². The first-order valence-electron chi connectivity index (χ1n) is 8.58. The van der Waals surface area contributed by atoms with E-state index in [-0.39, 0.29) is 5.56 Å². The number of para-hydroxylation sites is 1. The maximum Gasteiger partial charge on any atom is 0.335 e. The molecule has 0 spiro atoms. The number of carboxylic acid groups (broad SMARTS) is 1. The second-order valence-electron chi connectivity index (χ2n) is 6.70. The Morgan fingerprint density at radius 2 is 1.73 bits per heavy atom. The lowest BCUT2D eigenvalue weighted by molar-refractivity contribution is 0.0697. The second kappa shape index (κ2) is 6.23. The summed E-state index contributed by atoms with van der Waals surface area (Å²) in [5.41, 5.74) is 5.15. The fraction of sp³-hybridized carbons (Fsp3) is 0.136. The molecule has 4 heteroatoms. The third-order valence-corrected chi connectivity index (χ3v) is 4.59. The minimum absolute atomic E-state index is 0.277. The van der Waals surface area contributed by atoms with Crippen molar-refractivity contribution in [2.75, 3.05) is 0 Å². The third-order valence-electron chi connectivity index (χ3n) is 4.59. The number of carbonyl (C=O) groups is 1. The van der Waals surface area contributed by atoms with E-state index in [1.54, 1.807) is 24.3 Å². The minimum atomic E-state index is -0.924. The molecule has 0 saturated heterocycles. The van der Waals surface area contributed by atoms with E-state index < -0.39 is 5.97 Å². The highest BCUT2D eigenvalue weighted by Gasteiger charge is 2.13. The molecule has 130 valence electrons. The number of aromatic amines is 1. The van der Waals surface area contributed by atoms with E-state index >= 15 is 0 Å². The number of nitrogens with one attached hydrogen (secondary N) is 1. The minimum Gasteiger partial charge on any atom is -0.478 e. The lowest BCUT2D eigenvalue weighted by Gasteiger charge is -2.04. The SMILES string of the molecule is CC(C)c1cccc2cc(-c3ccc(-c4ccc(C(=O)O)cc4)[nH]3)oc12. The quantitative estimate of drug-likeness (QED) is 0.483. The van der Waals surface area contributed by atoms with Crippen LogP contribution in [0.1, 0.15) is 35.7 Å². The lowest BCUT2D eigenvalue weighted by atomic mass is 10.0. The summed E-state index contributed by atoms with van der Waals surface area (Å²) in [6.45, 7) is 4.31. The van der Waals surface area contributed by atoms with Crippen molar-refractivity contribution in [2.45, 2.75) is 19.8 Å². The number of benzene rings is 2. The molecule has 0 bridgehead atoms. The molecular formula is C22H19NO3. The molecule has 2 aromatic carbocycles. The van der Waals surface area contributed by atoms with E-state index in [4.69, 9.17) is 9.52 Å². The van der Waals surface area contributed by atoms with Gasteiger partial charge in [0.05, 0.1) is 11.3 Å². The summed E-state index contributed by atoms with van der Waals surface area (Å²) in [4.78, 5) is 14.3. The lowest BCUT2D eigenvalue weighted by Crippen LogP contribution is -1.94. The van der Waals surface area contributed by atoms with Gasteiger partial charge in [-0.05, 0) is 47.4 Å². The Bertz CT molecular complexity index is 1080. The van der Waals surface area contributed by atoms with Crippen molar-refractivity contribution in [3.05, 3.63) is 71.8 Å². The molecule has 4 aromatic rings. The van der Waals surface area contributed by atoms with E-state index in [1.807, 2.05) is 18.2 Å². The Kier molecular flexibility index (Phi) is 3.88. The monoisotopic (exact) mass is 345 g/mol. The van der Waals surface area contributed by atoms with Crippen molar-refractivity contribution in [3.8, 4) is 22.7 Å². The van der Waals surface area contributed by atoms with E-state index in [0.29, 0.717) is 5.92 Å². The van der Waals surface area contributed by atoms with Gasteiger partial charge in [-0.1, -0.05) is 44.2 Å². The fourth-order valence-corrected chi connectivity index (χ4v) is 3.17. The zero-order valence-corrected chi connectivity index (χ0v) is 14.6. The second-order valence-corrected chi connectivity index (χ2v) is 6.70. The number of furan rings is 1. The summed E-state index contributed by atoms with van der Waals surface area (Å²) < 4.78 is 6.14. The number of fused-ring (bicyclic) bond motifs is 1. The molecule has 0 fully saturated rings. The topological polar surface area (TPSA) is 66.2 Å². The largest absolute Gasteiger partial charge is 0.478 e. The molecule has 2 N–H and O–H groups in total. The first kappa shape index (κ1) is 16.2. The van der Waals surface area contributed by atoms with Crippen LogP contribution in [-0.2, 0) is 0 Å². The predicted molar refractivity (Wildman–Crippen MR) is 102 cm³/mol. The normalized spacial score (nSPS) is 11.3. The number of carboxylic acids is 1. The highest BCUT2D eigenvalue weighted by molar-refractivity contribution is 5.88. The van der Waals surface area contributed by atoms with Gasteiger partial charge in [-0.2, -0.15) is 0 Å². The molecule has 0 aliphatic rings. The Labute approximate surface area is 151 Å². The number of rotatable bonds is 4. The van der Waals surface area contributed by atoms with Gasteiger partial charge in [0.2, 0.25) is 0 Å². The van der Waals surface area contributed by atoms with Gasteiger partial charge in [0.25, 0.3) is 0 Å². The van der Waals surface area contributed by atoms with Crippen molar-refractivity contribution in [2.24, 2.45) is 0 Å². The summed E-state index contributed by atoms with van der Waals surface area (Å²) in [5.74, 6) is 0.262. The number of aromatic carboxylic acids is 1. The molecule has 4 nitrogen and oxygen atoms in total. The third kappa shape index (κ3) is 2.80. The number of H-pyrrole nitrogens is 1. The highest BCUT2D eigenvalue weighted by Crippen LogP contribution is 2.33. The molecule has 2 heterocycles. The van der Waals surface area contributed by atoms with Crippen LogP contribution >= 0.6 is 0 Å². The van der Waals surface area contributed by atoms with Crippen LogP contribution in [0.3, 0.4) is 0 Å². The summed E-state index contributed by atoms with van der Waals surface area (Å²) in [6, 6.07) is 19.0. The van der Waals surface area contributed by atoms with E-state index in [2.05, 4.69) is 37.0 Å². The van der Waals surface area contributed by atoms with Gasteiger partial charge in [-0.3, -0.25) is 0 Å². The standard InChI is InChI=1S/C22H19NO3/c1-13(2)17-5-3-4-16-12-20(26-21(16)17)19-11-10-18(23-19)14-6-8-15(9-7-14)22(24)25/h3-13,23H,1-2H3,(H,24,25). The molecule has 2 aromatic heterocycles. The van der Waals surface area contributed by atoms with Crippen molar-refractivity contribution in [1.29, 1.82) is 0 Å². The molecule has 0 radical (unpaired) electrons. The van der Waals surface area contributed by atoms with Gasteiger partial charge >= 0.3 is 5.97 Å². The van der Waals surface area contributed by atoms with Crippen molar-refractivity contribution in [1.82, 2.24) is 4.98 Å². The molecule has 0 saturated carbocycles. The van der Waals surface area contributed by atoms with Crippen molar-refractivity contribution in [3.63, 3.8) is 0 Å². The Hall–Kier alpha value is -3.27. The molecule has 0 aliphatic heterocycles. The Balaban J connectivity index is 1.71. The van der Waals surface area contributed by atoms with Crippen LogP contribution in [0.25, 0.3) is 33.7 Å². The zero-order chi connectivity index (χ0) is 18.3. The molecule has 4 rings (SSSR count). The van der Waals surface area contributed by atoms with E-state index in [1.165, 1.54) is 5.56 Å². The maximum absolute atomic E-state index is 11.0. The average Bonchev–Trinajstić information content (AvgIpc) is 3.28. The summed E-state index contributed by atoms with van der Waals surface area (Å²) in [6.07, 6.45) is 0. The van der Waals surface area contributed by atoms with Gasteiger partial charge in [-0.25, -0.2) is 4.79 Å². The first-order valence-corrected chi connectivity index (χ1v) is 8.58. The molecule has 0 unspecified atom stereocenters. The van der Waals surface area contributed by atoms with Crippen LogP contribution in [0.15, 0.2) is 65.1 Å². The van der Waals surface area contributed by atoms with E-state index in [9.17, 15) is 4.79 Å². The van der Waals surface area contributed by atoms with Crippen molar-refractivity contribution < 1.29 is 14.3 Å². The van der Waals surface area contributed by atoms with Crippen LogP contribution in [0.2, 0.25) is 0 Å². The molecular weight excluding hydrogens is 326 g/mol. The number of aromatic nitrogens is 1. The van der Waals surface area contributed by atoms with Gasteiger partial charge in [0.1, 0.15) is 5.58 Å². The Morgan fingerprint density at radius 3 is 2.42 bits per heavy atom. The van der Waals surface area contributed by atoms with Crippen LogP contribution in [0.5, 0.6) is 0 Å². The van der Waals surface area contributed by atoms with Crippen molar-refractivity contribution >= 4 is 16.9 Å². The number of hydrogen-bond acceptors (Lipinski definition) is 2. The maximum atomic E-state index is 11.0. The number of hydrogen-bond donors (Lipinski definition) is 2. The van der Waals surface area contributed by atoms with E-state index in [0.717, 1.165) is 33.7 Å². The summed E-state index contributed by atoms with van der Waals surface area (Å²) in [5, 5.41) is 10.1. The summed E-state index contributed by atoms with van der Waals surface area (Å²) >= 11 is 0. The smallest absolute Gasteiger partial charge is 0.335 e. The highest BCUT2D eigenvalue weighted by atomic mass is 16.4. The average molecular weight is 345 g/mol. The van der Waals surface area contributed by atoms with Crippen LogP contribution < -0.4 is 0 Å². The zero-order valence-electron chi connectivity index (χ0n) is 14.6. The van der Waals surface area contributed by atoms with Gasteiger partial charge in [0.15, 0.2) is 5.76 Å². The van der Waals surface area contributed by atoms with Gasteiger partial charge < -0.3 is 14.5 Å². The molecule has 26 heavy (non-hydrogen) atoms. The Morgan fingerprint density at radius 1 is 1.00 bits per heavy atom. The molecule has 0 amide bonds. The molecule has 0 aliphatic carbocycles. The van der Waals surface area contributed by atoms with Gasteiger partial charge in [0, 0.05) is 11.1 Å². The molecule has 0 atom stereocenters. The first-order chi connectivity index (χ1) is 12.5.